The SMILES string of the molecule is CC1=C[C@@H]2C[C@H]1[C@@H]1C(=O)N(c3ccc(C(=O)OCc4ccc(Oc5ccc([N+](=O)[O-])cc5Cl)cc4)cc3)C(=O)[C@H]12. The number of allylic oxidation sites excluding steroid dienone is 2. The third-order valence-electron chi connectivity index (χ3n) is 7.89. The highest BCUT2D eigenvalue weighted by Gasteiger charge is 2.60. The molecule has 0 radical (unpaired) electrons. The molecule has 2 fully saturated rings. The predicted molar refractivity (Wildman–Crippen MR) is 145 cm³/mol. The van der Waals surface area contributed by atoms with Crippen molar-refractivity contribution in [3.05, 3.63) is 105 Å². The Morgan fingerprint density at radius 1 is 1.02 bits per heavy atom. The molecular weight excluding hydrogens is 536 g/mol. The highest BCUT2D eigenvalue weighted by atomic mass is 35.5. The monoisotopic (exact) mass is 558 g/mol. The molecule has 6 rings (SSSR count). The molecule has 4 atom stereocenters. The molecule has 3 aromatic carbocycles. The minimum Gasteiger partial charge on any atom is -0.457 e. The fraction of sp³-hybridized carbons (Fsp3) is 0.233. The van der Waals surface area contributed by atoms with E-state index in [2.05, 4.69) is 6.08 Å². The van der Waals surface area contributed by atoms with E-state index in [0.717, 1.165) is 6.42 Å². The van der Waals surface area contributed by atoms with Gasteiger partial charge in [0.15, 0.2) is 0 Å². The molecule has 2 bridgehead atoms. The summed E-state index contributed by atoms with van der Waals surface area (Å²) in [7, 11) is 0. The third kappa shape index (κ3) is 4.42. The van der Waals surface area contributed by atoms with Crippen LogP contribution in [0, 0.1) is 33.8 Å². The number of carbonyl (C=O) groups excluding carboxylic acids is 3. The molecular formula is C30H23ClN2O7. The van der Waals surface area contributed by atoms with Crippen LogP contribution in [0.4, 0.5) is 11.4 Å². The number of hydrogen-bond donors (Lipinski definition) is 0. The molecule has 1 aliphatic heterocycles. The minimum atomic E-state index is -0.543. The first kappa shape index (κ1) is 25.8. The van der Waals surface area contributed by atoms with Gasteiger partial charge in [-0.2, -0.15) is 0 Å². The lowest BCUT2D eigenvalue weighted by Crippen LogP contribution is -2.32. The number of nitro benzene ring substituents is 1. The van der Waals surface area contributed by atoms with Crippen molar-refractivity contribution in [2.24, 2.45) is 23.7 Å². The van der Waals surface area contributed by atoms with Gasteiger partial charge in [0.25, 0.3) is 5.69 Å². The number of nitrogens with zero attached hydrogens (tertiary/aromatic N) is 2. The fourth-order valence-corrected chi connectivity index (χ4v) is 6.19. The van der Waals surface area contributed by atoms with Gasteiger partial charge in [-0.25, -0.2) is 4.79 Å². The number of nitro groups is 1. The van der Waals surface area contributed by atoms with Gasteiger partial charge in [0.1, 0.15) is 18.1 Å². The van der Waals surface area contributed by atoms with Crippen LogP contribution in [0.2, 0.25) is 5.02 Å². The first-order chi connectivity index (χ1) is 19.2. The van der Waals surface area contributed by atoms with Crippen molar-refractivity contribution in [1.82, 2.24) is 0 Å². The number of ether oxygens (including phenoxy) is 2. The molecule has 2 aliphatic carbocycles. The Bertz CT molecular complexity index is 1580. The Morgan fingerprint density at radius 2 is 1.73 bits per heavy atom. The number of fused-ring (bicyclic) bond motifs is 5. The summed E-state index contributed by atoms with van der Waals surface area (Å²) in [5, 5.41) is 11.0. The molecule has 3 aromatic rings. The van der Waals surface area contributed by atoms with Crippen molar-refractivity contribution in [3.63, 3.8) is 0 Å². The summed E-state index contributed by atoms with van der Waals surface area (Å²) < 4.78 is 11.1. The van der Waals surface area contributed by atoms with E-state index in [1.54, 1.807) is 48.5 Å². The number of benzene rings is 3. The average molecular weight is 559 g/mol. The number of esters is 1. The van der Waals surface area contributed by atoms with Gasteiger partial charge < -0.3 is 9.47 Å². The van der Waals surface area contributed by atoms with Gasteiger partial charge in [-0.05, 0) is 73.2 Å². The van der Waals surface area contributed by atoms with Crippen molar-refractivity contribution < 1.29 is 28.8 Å². The van der Waals surface area contributed by atoms with E-state index in [4.69, 9.17) is 21.1 Å². The largest absolute Gasteiger partial charge is 0.457 e. The maximum atomic E-state index is 13.1. The maximum Gasteiger partial charge on any atom is 0.338 e. The molecule has 40 heavy (non-hydrogen) atoms. The topological polar surface area (TPSA) is 116 Å². The lowest BCUT2D eigenvalue weighted by atomic mass is 9.82. The minimum absolute atomic E-state index is 0.0146. The first-order valence-corrected chi connectivity index (χ1v) is 13.1. The van der Waals surface area contributed by atoms with Crippen LogP contribution in [-0.4, -0.2) is 22.7 Å². The zero-order valence-electron chi connectivity index (χ0n) is 21.3. The molecule has 0 spiro atoms. The Labute approximate surface area is 234 Å². The van der Waals surface area contributed by atoms with Crippen molar-refractivity contribution in [1.29, 1.82) is 0 Å². The van der Waals surface area contributed by atoms with Crippen LogP contribution in [0.25, 0.3) is 0 Å². The van der Waals surface area contributed by atoms with Gasteiger partial charge >= 0.3 is 5.97 Å². The molecule has 0 aromatic heterocycles. The Balaban J connectivity index is 1.05. The van der Waals surface area contributed by atoms with Gasteiger partial charge in [0.2, 0.25) is 11.8 Å². The van der Waals surface area contributed by atoms with E-state index in [0.29, 0.717) is 22.6 Å². The molecule has 202 valence electrons. The molecule has 3 aliphatic rings. The van der Waals surface area contributed by atoms with Crippen LogP contribution in [-0.2, 0) is 20.9 Å². The predicted octanol–water partition coefficient (Wildman–Crippen LogP) is 6.10. The summed E-state index contributed by atoms with van der Waals surface area (Å²) in [6.07, 6.45) is 3.01. The standard InChI is InChI=1S/C30H23ClN2O7/c1-16-12-19-13-23(16)27-26(19)28(34)32(29(27)35)20-6-4-18(5-7-20)30(36)39-15-17-2-9-22(10-3-17)40-25-11-8-21(33(37)38)14-24(25)31/h2-12,14,19,23,26-27H,13,15H2,1H3/t19-,23-,26+,27+/m1/s1. The number of hydrogen-bond acceptors (Lipinski definition) is 7. The molecule has 9 nitrogen and oxygen atoms in total. The zero-order valence-corrected chi connectivity index (χ0v) is 22.0. The highest BCUT2D eigenvalue weighted by molar-refractivity contribution is 6.32. The van der Waals surface area contributed by atoms with Crippen molar-refractivity contribution >= 4 is 40.8 Å². The van der Waals surface area contributed by atoms with Gasteiger partial charge in [-0.15, -0.1) is 0 Å². The number of halogens is 1. The first-order valence-electron chi connectivity index (χ1n) is 12.8. The lowest BCUT2D eigenvalue weighted by molar-refractivity contribution is -0.384. The Kier molecular flexibility index (Phi) is 6.38. The van der Waals surface area contributed by atoms with E-state index < -0.39 is 10.9 Å². The maximum absolute atomic E-state index is 13.1. The lowest BCUT2D eigenvalue weighted by Gasteiger charge is -2.19. The van der Waals surface area contributed by atoms with Gasteiger partial charge in [-0.3, -0.25) is 24.6 Å². The fourth-order valence-electron chi connectivity index (χ4n) is 5.97. The molecule has 2 amide bonds. The van der Waals surface area contributed by atoms with E-state index in [1.807, 2.05) is 6.92 Å². The molecule has 1 saturated carbocycles. The van der Waals surface area contributed by atoms with Crippen LogP contribution in [0.3, 0.4) is 0 Å². The molecule has 1 heterocycles. The van der Waals surface area contributed by atoms with Gasteiger partial charge in [0, 0.05) is 12.1 Å². The van der Waals surface area contributed by atoms with E-state index in [-0.39, 0.29) is 58.6 Å². The number of non-ortho nitro benzene ring substituents is 1. The number of amides is 2. The Morgan fingerprint density at radius 3 is 2.40 bits per heavy atom. The van der Waals surface area contributed by atoms with E-state index >= 15 is 0 Å². The summed E-state index contributed by atoms with van der Waals surface area (Å²) in [5.74, 6) is -0.427. The number of carbonyl (C=O) groups is 3. The van der Waals surface area contributed by atoms with E-state index in [9.17, 15) is 24.5 Å². The van der Waals surface area contributed by atoms with Crippen LogP contribution in [0.15, 0.2) is 78.4 Å². The van der Waals surface area contributed by atoms with Crippen LogP contribution in [0.5, 0.6) is 11.5 Å². The van der Waals surface area contributed by atoms with Crippen LogP contribution in [0.1, 0.15) is 29.3 Å². The number of rotatable bonds is 7. The van der Waals surface area contributed by atoms with Gasteiger partial charge in [0.05, 0.1) is 33.0 Å². The average Bonchev–Trinajstić information content (AvgIpc) is 3.59. The van der Waals surface area contributed by atoms with Gasteiger partial charge in [-0.1, -0.05) is 35.4 Å². The second kappa shape index (κ2) is 9.91. The summed E-state index contributed by atoms with van der Waals surface area (Å²) >= 11 is 6.07. The Hall–Kier alpha value is -4.50. The summed E-state index contributed by atoms with van der Waals surface area (Å²) in [5.41, 5.74) is 2.53. The quantitative estimate of drug-likeness (QED) is 0.113. The van der Waals surface area contributed by atoms with Crippen molar-refractivity contribution in [2.45, 2.75) is 20.0 Å². The third-order valence-corrected chi connectivity index (χ3v) is 8.18. The van der Waals surface area contributed by atoms with Crippen molar-refractivity contribution in [2.75, 3.05) is 4.90 Å². The second-order valence-corrected chi connectivity index (χ2v) is 10.6. The molecule has 0 unspecified atom stereocenters. The molecule has 0 N–H and O–H groups in total. The highest BCUT2D eigenvalue weighted by Crippen LogP contribution is 2.55. The van der Waals surface area contributed by atoms with E-state index in [1.165, 1.54) is 28.7 Å². The summed E-state index contributed by atoms with van der Waals surface area (Å²) in [6, 6.07) is 17.0. The number of imide groups is 1. The van der Waals surface area contributed by atoms with Crippen LogP contribution < -0.4 is 9.64 Å². The summed E-state index contributed by atoms with van der Waals surface area (Å²) in [6.45, 7) is 2.04. The van der Waals surface area contributed by atoms with Crippen molar-refractivity contribution in [3.8, 4) is 11.5 Å². The summed E-state index contributed by atoms with van der Waals surface area (Å²) in [4.78, 5) is 50.4. The zero-order chi connectivity index (χ0) is 28.1. The normalized spacial score (nSPS) is 22.8. The molecule has 1 saturated heterocycles. The smallest absolute Gasteiger partial charge is 0.338 e. The van der Waals surface area contributed by atoms with Crippen LogP contribution >= 0.6 is 11.6 Å². The second-order valence-electron chi connectivity index (χ2n) is 10.2. The molecule has 10 heteroatoms. The number of anilines is 1.